The van der Waals surface area contributed by atoms with Crippen molar-refractivity contribution >= 4 is 17.5 Å². The molecular formula is C19H22N2O3. The highest BCUT2D eigenvalue weighted by molar-refractivity contribution is 6.03. The Morgan fingerprint density at radius 3 is 2.04 bits per heavy atom. The Kier molecular flexibility index (Phi) is 5.58. The summed E-state index contributed by atoms with van der Waals surface area (Å²) in [5.74, 6) is 0.760. The Morgan fingerprint density at radius 1 is 0.875 bits per heavy atom. The molecule has 0 aliphatic heterocycles. The number of carbonyl (C=O) groups excluding carboxylic acids is 2. The van der Waals surface area contributed by atoms with Gasteiger partial charge in [0.1, 0.15) is 17.9 Å². The van der Waals surface area contributed by atoms with Crippen LogP contribution in [0, 0.1) is 0 Å². The van der Waals surface area contributed by atoms with Crippen LogP contribution in [0.3, 0.4) is 0 Å². The molecule has 0 fully saturated rings. The van der Waals surface area contributed by atoms with E-state index in [1.165, 1.54) is 0 Å². The SMILES string of the molecule is CC(C)(C)NC(=O)CC(=O)Nc1ccc(Oc2ccccc2)cc1. The molecule has 2 rings (SSSR count). The van der Waals surface area contributed by atoms with Crippen LogP contribution in [0.15, 0.2) is 54.6 Å². The van der Waals surface area contributed by atoms with Crippen molar-refractivity contribution in [2.24, 2.45) is 0 Å². The van der Waals surface area contributed by atoms with Gasteiger partial charge in [0.15, 0.2) is 0 Å². The van der Waals surface area contributed by atoms with Crippen molar-refractivity contribution in [1.82, 2.24) is 5.32 Å². The summed E-state index contributed by atoms with van der Waals surface area (Å²) in [5.41, 5.74) is 0.261. The third-order valence-electron chi connectivity index (χ3n) is 2.95. The minimum Gasteiger partial charge on any atom is -0.457 e. The van der Waals surface area contributed by atoms with Crippen molar-refractivity contribution in [3.8, 4) is 11.5 Å². The number of anilines is 1. The number of rotatable bonds is 5. The second-order valence-electron chi connectivity index (χ2n) is 6.46. The van der Waals surface area contributed by atoms with Gasteiger partial charge in [-0.2, -0.15) is 0 Å². The molecule has 0 radical (unpaired) electrons. The van der Waals surface area contributed by atoms with Crippen LogP contribution in [0.5, 0.6) is 11.5 Å². The van der Waals surface area contributed by atoms with Crippen molar-refractivity contribution in [2.75, 3.05) is 5.32 Å². The number of carbonyl (C=O) groups is 2. The van der Waals surface area contributed by atoms with Crippen molar-refractivity contribution < 1.29 is 14.3 Å². The third kappa shape index (κ3) is 6.12. The molecule has 0 spiro atoms. The predicted octanol–water partition coefficient (Wildman–Crippen LogP) is 3.72. The van der Waals surface area contributed by atoms with Crippen LogP contribution < -0.4 is 15.4 Å². The maximum atomic E-state index is 11.9. The monoisotopic (exact) mass is 326 g/mol. The molecule has 24 heavy (non-hydrogen) atoms. The van der Waals surface area contributed by atoms with Gasteiger partial charge in [0, 0.05) is 11.2 Å². The van der Waals surface area contributed by atoms with Crippen LogP contribution >= 0.6 is 0 Å². The lowest BCUT2D eigenvalue weighted by Gasteiger charge is -2.20. The van der Waals surface area contributed by atoms with Crippen LogP contribution in [0.2, 0.25) is 0 Å². The minimum atomic E-state index is -0.353. The van der Waals surface area contributed by atoms with Crippen molar-refractivity contribution in [2.45, 2.75) is 32.7 Å². The lowest BCUT2D eigenvalue weighted by atomic mass is 10.1. The number of benzene rings is 2. The van der Waals surface area contributed by atoms with Gasteiger partial charge in [-0.3, -0.25) is 9.59 Å². The highest BCUT2D eigenvalue weighted by atomic mass is 16.5. The highest BCUT2D eigenvalue weighted by Gasteiger charge is 2.16. The van der Waals surface area contributed by atoms with Gasteiger partial charge in [-0.1, -0.05) is 18.2 Å². The summed E-state index contributed by atoms with van der Waals surface area (Å²) in [6, 6.07) is 16.4. The van der Waals surface area contributed by atoms with Crippen LogP contribution in [-0.2, 0) is 9.59 Å². The van der Waals surface area contributed by atoms with E-state index < -0.39 is 0 Å². The molecule has 2 aromatic carbocycles. The summed E-state index contributed by atoms with van der Waals surface area (Å²) in [7, 11) is 0. The first-order valence-corrected chi connectivity index (χ1v) is 7.76. The number of ether oxygens (including phenoxy) is 1. The molecule has 2 aromatic rings. The van der Waals surface area contributed by atoms with E-state index in [0.717, 1.165) is 5.75 Å². The van der Waals surface area contributed by atoms with Crippen molar-refractivity contribution in [3.63, 3.8) is 0 Å². The highest BCUT2D eigenvalue weighted by Crippen LogP contribution is 2.22. The maximum absolute atomic E-state index is 11.9. The summed E-state index contributed by atoms with van der Waals surface area (Å²) in [5, 5.41) is 5.45. The van der Waals surface area contributed by atoms with Gasteiger partial charge in [0.05, 0.1) is 0 Å². The number of hydrogen-bond donors (Lipinski definition) is 2. The van der Waals surface area contributed by atoms with E-state index in [9.17, 15) is 9.59 Å². The molecule has 0 saturated heterocycles. The van der Waals surface area contributed by atoms with Crippen LogP contribution in [-0.4, -0.2) is 17.4 Å². The van der Waals surface area contributed by atoms with E-state index >= 15 is 0 Å². The number of para-hydroxylation sites is 1. The number of hydrogen-bond acceptors (Lipinski definition) is 3. The zero-order valence-corrected chi connectivity index (χ0v) is 14.1. The Labute approximate surface area is 142 Å². The Balaban J connectivity index is 1.87. The molecular weight excluding hydrogens is 304 g/mol. The molecule has 2 amide bonds. The molecule has 0 saturated carbocycles. The van der Waals surface area contributed by atoms with E-state index in [2.05, 4.69) is 10.6 Å². The van der Waals surface area contributed by atoms with Gasteiger partial charge < -0.3 is 15.4 Å². The lowest BCUT2D eigenvalue weighted by molar-refractivity contribution is -0.127. The predicted molar refractivity (Wildman–Crippen MR) is 94.1 cm³/mol. The van der Waals surface area contributed by atoms with Gasteiger partial charge in [-0.25, -0.2) is 0 Å². The fourth-order valence-corrected chi connectivity index (χ4v) is 2.04. The summed E-state index contributed by atoms with van der Waals surface area (Å²) in [4.78, 5) is 23.6. The average Bonchev–Trinajstić information content (AvgIpc) is 2.48. The molecule has 0 aromatic heterocycles. The Morgan fingerprint density at radius 2 is 1.46 bits per heavy atom. The standard InChI is InChI=1S/C19H22N2O3/c1-19(2,3)21-18(23)13-17(22)20-14-9-11-16(12-10-14)24-15-7-5-4-6-8-15/h4-12H,13H2,1-3H3,(H,20,22)(H,21,23). The number of amides is 2. The topological polar surface area (TPSA) is 67.4 Å². The Bertz CT molecular complexity index is 689. The molecule has 0 atom stereocenters. The third-order valence-corrected chi connectivity index (χ3v) is 2.95. The summed E-state index contributed by atoms with van der Waals surface area (Å²) in [6.45, 7) is 5.61. The molecule has 5 heteroatoms. The molecule has 5 nitrogen and oxygen atoms in total. The lowest BCUT2D eigenvalue weighted by Crippen LogP contribution is -2.41. The fourth-order valence-electron chi connectivity index (χ4n) is 2.04. The summed E-state index contributed by atoms with van der Waals surface area (Å²) >= 11 is 0. The van der Waals surface area contributed by atoms with E-state index in [0.29, 0.717) is 11.4 Å². The van der Waals surface area contributed by atoms with E-state index in [1.807, 2.05) is 51.1 Å². The largest absolute Gasteiger partial charge is 0.457 e. The van der Waals surface area contributed by atoms with Gasteiger partial charge in [-0.15, -0.1) is 0 Å². The zero-order chi connectivity index (χ0) is 17.6. The quantitative estimate of drug-likeness (QED) is 0.823. The van der Waals surface area contributed by atoms with E-state index in [4.69, 9.17) is 4.74 Å². The molecule has 0 aliphatic rings. The second-order valence-corrected chi connectivity index (χ2v) is 6.46. The molecule has 0 heterocycles. The smallest absolute Gasteiger partial charge is 0.233 e. The molecule has 126 valence electrons. The minimum absolute atomic E-state index is 0.209. The van der Waals surface area contributed by atoms with Gasteiger partial charge in [0.2, 0.25) is 11.8 Å². The Hall–Kier alpha value is -2.82. The molecule has 0 aliphatic carbocycles. The van der Waals surface area contributed by atoms with E-state index in [-0.39, 0.29) is 23.8 Å². The molecule has 0 unspecified atom stereocenters. The van der Waals surface area contributed by atoms with Gasteiger partial charge in [-0.05, 0) is 57.2 Å². The zero-order valence-electron chi connectivity index (χ0n) is 14.1. The molecule has 0 bridgehead atoms. The van der Waals surface area contributed by atoms with Crippen LogP contribution in [0.4, 0.5) is 5.69 Å². The maximum Gasteiger partial charge on any atom is 0.233 e. The van der Waals surface area contributed by atoms with Crippen LogP contribution in [0.1, 0.15) is 27.2 Å². The van der Waals surface area contributed by atoms with E-state index in [1.54, 1.807) is 24.3 Å². The van der Waals surface area contributed by atoms with Crippen molar-refractivity contribution in [1.29, 1.82) is 0 Å². The normalized spacial score (nSPS) is 10.8. The first-order chi connectivity index (χ1) is 11.3. The fraction of sp³-hybridized carbons (Fsp3) is 0.263. The van der Waals surface area contributed by atoms with Crippen LogP contribution in [0.25, 0.3) is 0 Å². The second kappa shape index (κ2) is 7.64. The van der Waals surface area contributed by atoms with Gasteiger partial charge in [0.25, 0.3) is 0 Å². The summed E-state index contributed by atoms with van der Waals surface area (Å²) in [6.07, 6.45) is -0.209. The van der Waals surface area contributed by atoms with Crippen molar-refractivity contribution in [3.05, 3.63) is 54.6 Å². The first kappa shape index (κ1) is 17.5. The van der Waals surface area contributed by atoms with Gasteiger partial charge >= 0.3 is 0 Å². The summed E-state index contributed by atoms with van der Waals surface area (Å²) < 4.78 is 5.68. The molecule has 2 N–H and O–H groups in total. The average molecular weight is 326 g/mol. The number of nitrogens with one attached hydrogen (secondary N) is 2. The first-order valence-electron chi connectivity index (χ1n) is 7.76.